The second-order valence-electron chi connectivity index (χ2n) is 5.25. The van der Waals surface area contributed by atoms with Crippen LogP contribution in [0, 0.1) is 0 Å². The molecule has 1 saturated carbocycles. The van der Waals surface area contributed by atoms with Crippen LogP contribution in [0.25, 0.3) is 11.0 Å². The van der Waals surface area contributed by atoms with Crippen molar-refractivity contribution in [2.24, 2.45) is 0 Å². The van der Waals surface area contributed by atoms with Gasteiger partial charge in [-0.1, -0.05) is 0 Å². The molecule has 4 nitrogen and oxygen atoms in total. The monoisotopic (exact) mass is 265 g/mol. The van der Waals surface area contributed by atoms with Gasteiger partial charge >= 0.3 is 0 Å². The number of furan rings is 1. The van der Waals surface area contributed by atoms with Crippen molar-refractivity contribution in [3.05, 3.63) is 54.3 Å². The maximum atomic E-state index is 5.33. The van der Waals surface area contributed by atoms with E-state index in [0.29, 0.717) is 5.92 Å². The van der Waals surface area contributed by atoms with Gasteiger partial charge in [-0.15, -0.1) is 0 Å². The third-order valence-electron chi connectivity index (χ3n) is 3.62. The van der Waals surface area contributed by atoms with Crippen molar-refractivity contribution in [2.75, 3.05) is 5.32 Å². The van der Waals surface area contributed by atoms with E-state index in [0.717, 1.165) is 34.6 Å². The first-order valence-electron chi connectivity index (χ1n) is 6.90. The molecule has 1 N–H and O–H groups in total. The van der Waals surface area contributed by atoms with Crippen molar-refractivity contribution >= 4 is 16.7 Å². The second kappa shape index (κ2) is 4.63. The van der Waals surface area contributed by atoms with Crippen molar-refractivity contribution in [3.8, 4) is 0 Å². The summed E-state index contributed by atoms with van der Waals surface area (Å²) in [6.45, 7) is 0.730. The Morgan fingerprint density at radius 3 is 2.80 bits per heavy atom. The first-order valence-corrected chi connectivity index (χ1v) is 6.90. The normalized spacial score (nSPS) is 14.6. The SMILES string of the molecule is c1cc2cc(NCc3cnc(C4CC4)nc3)ccc2o1. The summed E-state index contributed by atoms with van der Waals surface area (Å²) < 4.78 is 5.33. The van der Waals surface area contributed by atoms with E-state index in [1.54, 1.807) is 6.26 Å². The molecule has 0 spiro atoms. The van der Waals surface area contributed by atoms with E-state index in [-0.39, 0.29) is 0 Å². The van der Waals surface area contributed by atoms with Gasteiger partial charge in [0.25, 0.3) is 0 Å². The van der Waals surface area contributed by atoms with Gasteiger partial charge in [0, 0.05) is 41.5 Å². The molecule has 1 aromatic carbocycles. The van der Waals surface area contributed by atoms with Gasteiger partial charge < -0.3 is 9.73 Å². The lowest BCUT2D eigenvalue weighted by atomic mass is 10.2. The van der Waals surface area contributed by atoms with Crippen molar-refractivity contribution < 1.29 is 4.42 Å². The largest absolute Gasteiger partial charge is 0.464 e. The van der Waals surface area contributed by atoms with Crippen LogP contribution in [0.15, 0.2) is 47.3 Å². The Hall–Kier alpha value is -2.36. The molecule has 0 radical (unpaired) electrons. The van der Waals surface area contributed by atoms with E-state index in [1.807, 2.05) is 30.6 Å². The highest BCUT2D eigenvalue weighted by atomic mass is 16.3. The molecule has 0 saturated heterocycles. The van der Waals surface area contributed by atoms with Crippen molar-refractivity contribution in [2.45, 2.75) is 25.3 Å². The summed E-state index contributed by atoms with van der Waals surface area (Å²) in [7, 11) is 0. The van der Waals surface area contributed by atoms with Crippen molar-refractivity contribution in [1.82, 2.24) is 9.97 Å². The van der Waals surface area contributed by atoms with Gasteiger partial charge in [-0.05, 0) is 37.1 Å². The van der Waals surface area contributed by atoms with Crippen LogP contribution in [0.1, 0.15) is 30.1 Å². The van der Waals surface area contributed by atoms with Crippen LogP contribution in [0.4, 0.5) is 5.69 Å². The van der Waals surface area contributed by atoms with Gasteiger partial charge in [-0.2, -0.15) is 0 Å². The minimum atomic E-state index is 0.612. The summed E-state index contributed by atoms with van der Waals surface area (Å²) in [5.74, 6) is 1.61. The zero-order valence-electron chi connectivity index (χ0n) is 11.0. The summed E-state index contributed by atoms with van der Waals surface area (Å²) in [6, 6.07) is 8.04. The zero-order valence-corrected chi connectivity index (χ0v) is 11.0. The minimum Gasteiger partial charge on any atom is -0.464 e. The van der Waals surface area contributed by atoms with E-state index in [4.69, 9.17) is 4.42 Å². The lowest BCUT2D eigenvalue weighted by molar-refractivity contribution is 0.616. The highest BCUT2D eigenvalue weighted by molar-refractivity contribution is 5.81. The van der Waals surface area contributed by atoms with Gasteiger partial charge in [0.2, 0.25) is 0 Å². The molecule has 4 heteroatoms. The average molecular weight is 265 g/mol. The molecule has 0 amide bonds. The van der Waals surface area contributed by atoms with Gasteiger partial charge in [0.05, 0.1) is 6.26 Å². The fourth-order valence-corrected chi connectivity index (χ4v) is 2.29. The number of hydrogen-bond acceptors (Lipinski definition) is 4. The topological polar surface area (TPSA) is 51.0 Å². The van der Waals surface area contributed by atoms with Crippen molar-refractivity contribution in [3.63, 3.8) is 0 Å². The number of hydrogen-bond donors (Lipinski definition) is 1. The number of nitrogens with zero attached hydrogens (tertiary/aromatic N) is 2. The summed E-state index contributed by atoms with van der Waals surface area (Å²) in [5, 5.41) is 4.49. The third-order valence-corrected chi connectivity index (χ3v) is 3.62. The minimum absolute atomic E-state index is 0.612. The number of anilines is 1. The molecular weight excluding hydrogens is 250 g/mol. The lowest BCUT2D eigenvalue weighted by Crippen LogP contribution is -2.02. The number of rotatable bonds is 4. The third kappa shape index (κ3) is 2.25. The van der Waals surface area contributed by atoms with Crippen LogP contribution >= 0.6 is 0 Å². The van der Waals surface area contributed by atoms with Crippen molar-refractivity contribution in [1.29, 1.82) is 0 Å². The van der Waals surface area contributed by atoms with Crippen LogP contribution in [-0.4, -0.2) is 9.97 Å². The number of fused-ring (bicyclic) bond motifs is 1. The number of benzene rings is 1. The lowest BCUT2D eigenvalue weighted by Gasteiger charge is -2.06. The highest BCUT2D eigenvalue weighted by Gasteiger charge is 2.25. The molecular formula is C16H15N3O. The first-order chi connectivity index (χ1) is 9.88. The molecule has 20 heavy (non-hydrogen) atoms. The predicted octanol–water partition coefficient (Wildman–Crippen LogP) is 3.71. The quantitative estimate of drug-likeness (QED) is 0.781. The van der Waals surface area contributed by atoms with E-state index < -0.39 is 0 Å². The fourth-order valence-electron chi connectivity index (χ4n) is 2.29. The smallest absolute Gasteiger partial charge is 0.133 e. The summed E-state index contributed by atoms with van der Waals surface area (Å²) in [4.78, 5) is 8.86. The molecule has 0 atom stereocenters. The van der Waals surface area contributed by atoms with Crippen LogP contribution in [-0.2, 0) is 6.54 Å². The van der Waals surface area contributed by atoms with Gasteiger partial charge in [-0.25, -0.2) is 9.97 Å². The molecule has 0 aliphatic heterocycles. The average Bonchev–Trinajstić information content (AvgIpc) is 3.23. The van der Waals surface area contributed by atoms with E-state index in [1.165, 1.54) is 12.8 Å². The summed E-state index contributed by atoms with van der Waals surface area (Å²) >= 11 is 0. The molecule has 4 rings (SSSR count). The van der Waals surface area contributed by atoms with Crippen LogP contribution in [0.3, 0.4) is 0 Å². The standard InChI is InChI=1S/C16H15N3O/c1-2-12(1)16-18-9-11(10-19-16)8-17-14-3-4-15-13(7-14)5-6-20-15/h3-7,9-10,12,17H,1-2,8H2. The molecule has 1 fully saturated rings. The molecule has 3 aromatic rings. The van der Waals surface area contributed by atoms with Gasteiger partial charge in [0.15, 0.2) is 0 Å². The Morgan fingerprint density at radius 1 is 1.15 bits per heavy atom. The maximum Gasteiger partial charge on any atom is 0.133 e. The fraction of sp³-hybridized carbons (Fsp3) is 0.250. The highest BCUT2D eigenvalue weighted by Crippen LogP contribution is 2.37. The molecule has 1 aliphatic carbocycles. The Bertz CT molecular complexity index is 729. The predicted molar refractivity (Wildman–Crippen MR) is 77.5 cm³/mol. The first kappa shape index (κ1) is 11.5. The zero-order chi connectivity index (χ0) is 13.4. The maximum absolute atomic E-state index is 5.33. The van der Waals surface area contributed by atoms with Gasteiger partial charge in [-0.3, -0.25) is 0 Å². The molecule has 0 unspecified atom stereocenters. The van der Waals surface area contributed by atoms with E-state index in [9.17, 15) is 0 Å². The molecule has 2 aromatic heterocycles. The molecule has 1 aliphatic rings. The van der Waals surface area contributed by atoms with Crippen LogP contribution in [0.5, 0.6) is 0 Å². The Labute approximate surface area is 116 Å². The molecule has 0 bridgehead atoms. The number of aromatic nitrogens is 2. The van der Waals surface area contributed by atoms with Gasteiger partial charge in [0.1, 0.15) is 11.4 Å². The summed E-state index contributed by atoms with van der Waals surface area (Å²) in [5.41, 5.74) is 3.08. The molecule has 2 heterocycles. The molecule has 100 valence electrons. The summed E-state index contributed by atoms with van der Waals surface area (Å²) in [6.07, 6.45) is 8.03. The van der Waals surface area contributed by atoms with E-state index >= 15 is 0 Å². The second-order valence-corrected chi connectivity index (χ2v) is 5.25. The van der Waals surface area contributed by atoms with Crippen LogP contribution < -0.4 is 5.32 Å². The Kier molecular flexibility index (Phi) is 2.66. The Balaban J connectivity index is 1.45. The Morgan fingerprint density at radius 2 is 2.00 bits per heavy atom. The van der Waals surface area contributed by atoms with Crippen LogP contribution in [0.2, 0.25) is 0 Å². The number of nitrogens with one attached hydrogen (secondary N) is 1. The van der Waals surface area contributed by atoms with E-state index in [2.05, 4.69) is 21.4 Å².